The summed E-state index contributed by atoms with van der Waals surface area (Å²) in [6.07, 6.45) is 0.289. The van der Waals surface area contributed by atoms with Crippen LogP contribution in [0.3, 0.4) is 0 Å². The molecule has 0 spiro atoms. The van der Waals surface area contributed by atoms with E-state index < -0.39 is 33.8 Å². The fourth-order valence-corrected chi connectivity index (χ4v) is 4.00. The minimum Gasteiger partial charge on any atom is -0.481 e. The second-order valence-corrected chi connectivity index (χ2v) is 6.43. The predicted octanol–water partition coefficient (Wildman–Crippen LogP) is 1.31. The lowest BCUT2D eigenvalue weighted by molar-refractivity contribution is -0.142. The van der Waals surface area contributed by atoms with Gasteiger partial charge in [-0.3, -0.25) is 4.79 Å². The topological polar surface area (TPSA) is 74.7 Å². The Morgan fingerprint density at radius 1 is 1.37 bits per heavy atom. The van der Waals surface area contributed by atoms with Gasteiger partial charge in [-0.05, 0) is 37.6 Å². The average molecular weight is 287 g/mol. The van der Waals surface area contributed by atoms with Crippen LogP contribution in [-0.4, -0.2) is 36.4 Å². The molecule has 0 aromatic heterocycles. The number of benzene rings is 1. The summed E-state index contributed by atoms with van der Waals surface area (Å²) < 4.78 is 38.6. The summed E-state index contributed by atoms with van der Waals surface area (Å²) in [5, 5.41) is 9.00. The highest BCUT2D eigenvalue weighted by atomic mass is 32.2. The molecule has 0 aliphatic carbocycles. The van der Waals surface area contributed by atoms with Gasteiger partial charge in [0.25, 0.3) is 0 Å². The number of sulfonamides is 1. The molecule has 2 unspecified atom stereocenters. The van der Waals surface area contributed by atoms with Gasteiger partial charge in [0.1, 0.15) is 5.82 Å². The van der Waals surface area contributed by atoms with Crippen LogP contribution in [0.4, 0.5) is 4.39 Å². The maximum absolute atomic E-state index is 12.8. The van der Waals surface area contributed by atoms with Gasteiger partial charge in [0.15, 0.2) is 0 Å². The van der Waals surface area contributed by atoms with Gasteiger partial charge in [-0.2, -0.15) is 4.31 Å². The first-order chi connectivity index (χ1) is 8.84. The summed E-state index contributed by atoms with van der Waals surface area (Å²) in [5.41, 5.74) is 0. The second kappa shape index (κ2) is 4.90. The van der Waals surface area contributed by atoms with Crippen molar-refractivity contribution in [1.82, 2.24) is 4.31 Å². The van der Waals surface area contributed by atoms with E-state index in [1.54, 1.807) is 6.92 Å². The van der Waals surface area contributed by atoms with Gasteiger partial charge in [-0.15, -0.1) is 0 Å². The van der Waals surface area contributed by atoms with Gasteiger partial charge in [0.2, 0.25) is 10.0 Å². The van der Waals surface area contributed by atoms with E-state index in [-0.39, 0.29) is 17.9 Å². The van der Waals surface area contributed by atoms with E-state index in [4.69, 9.17) is 5.11 Å². The van der Waals surface area contributed by atoms with E-state index >= 15 is 0 Å². The van der Waals surface area contributed by atoms with Crippen molar-refractivity contribution in [3.63, 3.8) is 0 Å². The Morgan fingerprint density at radius 3 is 2.42 bits per heavy atom. The smallest absolute Gasteiger partial charge is 0.308 e. The summed E-state index contributed by atoms with van der Waals surface area (Å²) in [4.78, 5) is 11.0. The molecule has 0 amide bonds. The van der Waals surface area contributed by atoms with Crippen molar-refractivity contribution >= 4 is 16.0 Å². The molecule has 7 heteroatoms. The van der Waals surface area contributed by atoms with Crippen LogP contribution < -0.4 is 0 Å². The number of rotatable bonds is 3. The van der Waals surface area contributed by atoms with E-state index in [2.05, 4.69) is 0 Å². The predicted molar refractivity (Wildman–Crippen MR) is 65.5 cm³/mol. The Hall–Kier alpha value is -1.47. The van der Waals surface area contributed by atoms with Crippen molar-refractivity contribution in [2.45, 2.75) is 24.3 Å². The lowest BCUT2D eigenvalue weighted by Gasteiger charge is -2.22. The Bertz CT molecular complexity index is 584. The first-order valence-electron chi connectivity index (χ1n) is 5.84. The van der Waals surface area contributed by atoms with Gasteiger partial charge < -0.3 is 5.11 Å². The van der Waals surface area contributed by atoms with Gasteiger partial charge in [-0.25, -0.2) is 12.8 Å². The summed E-state index contributed by atoms with van der Waals surface area (Å²) in [6.45, 7) is 1.74. The molecule has 1 fully saturated rings. The van der Waals surface area contributed by atoms with E-state index in [1.165, 1.54) is 16.4 Å². The van der Waals surface area contributed by atoms with Gasteiger partial charge in [0.05, 0.1) is 10.8 Å². The fourth-order valence-electron chi connectivity index (χ4n) is 2.32. The lowest BCUT2D eigenvalue weighted by atomic mass is 10.0. The number of nitrogens with zero attached hydrogens (tertiary/aromatic N) is 1. The van der Waals surface area contributed by atoms with Crippen molar-refractivity contribution in [1.29, 1.82) is 0 Å². The number of carboxylic acid groups (broad SMARTS) is 1. The van der Waals surface area contributed by atoms with E-state index in [0.717, 1.165) is 12.1 Å². The maximum atomic E-state index is 12.8. The van der Waals surface area contributed by atoms with Crippen LogP contribution in [0.25, 0.3) is 0 Å². The monoisotopic (exact) mass is 287 g/mol. The van der Waals surface area contributed by atoms with E-state index in [1.807, 2.05) is 0 Å². The zero-order valence-corrected chi connectivity index (χ0v) is 11.1. The van der Waals surface area contributed by atoms with Crippen LogP contribution in [0.1, 0.15) is 13.3 Å². The highest BCUT2D eigenvalue weighted by Gasteiger charge is 2.42. The summed E-state index contributed by atoms with van der Waals surface area (Å²) in [7, 11) is -3.77. The van der Waals surface area contributed by atoms with Crippen LogP contribution in [0.5, 0.6) is 0 Å². The van der Waals surface area contributed by atoms with Crippen LogP contribution in [0, 0.1) is 11.7 Å². The van der Waals surface area contributed by atoms with Crippen molar-refractivity contribution in [3.8, 4) is 0 Å². The minimum atomic E-state index is -3.77. The SMILES string of the molecule is CC1C(C(=O)O)CCN1S(=O)(=O)c1ccc(F)cc1. The third-order valence-electron chi connectivity index (χ3n) is 3.43. The number of hydrogen-bond acceptors (Lipinski definition) is 3. The number of carbonyl (C=O) groups is 1. The quantitative estimate of drug-likeness (QED) is 0.909. The van der Waals surface area contributed by atoms with Crippen LogP contribution >= 0.6 is 0 Å². The molecule has 1 aliphatic heterocycles. The maximum Gasteiger partial charge on any atom is 0.308 e. The fraction of sp³-hybridized carbons (Fsp3) is 0.417. The molecule has 2 atom stereocenters. The molecule has 0 bridgehead atoms. The standard InChI is InChI=1S/C12H14FNO4S/c1-8-11(12(15)16)6-7-14(8)19(17,18)10-4-2-9(13)3-5-10/h2-5,8,11H,6-7H2,1H3,(H,15,16). The van der Waals surface area contributed by atoms with E-state index in [0.29, 0.717) is 0 Å². The highest BCUT2D eigenvalue weighted by Crippen LogP contribution is 2.30. The molecule has 1 aromatic carbocycles. The molecule has 0 saturated carbocycles. The van der Waals surface area contributed by atoms with Gasteiger partial charge >= 0.3 is 5.97 Å². The Kier molecular flexibility index (Phi) is 3.60. The van der Waals surface area contributed by atoms with Gasteiger partial charge in [0, 0.05) is 12.6 Å². The molecular formula is C12H14FNO4S. The zero-order chi connectivity index (χ0) is 14.2. The van der Waals surface area contributed by atoms with Crippen molar-refractivity contribution in [2.75, 3.05) is 6.54 Å². The van der Waals surface area contributed by atoms with Crippen LogP contribution in [-0.2, 0) is 14.8 Å². The molecule has 5 nitrogen and oxygen atoms in total. The van der Waals surface area contributed by atoms with Gasteiger partial charge in [-0.1, -0.05) is 0 Å². The van der Waals surface area contributed by atoms with Crippen molar-refractivity contribution < 1.29 is 22.7 Å². The zero-order valence-electron chi connectivity index (χ0n) is 10.3. The van der Waals surface area contributed by atoms with Crippen LogP contribution in [0.15, 0.2) is 29.2 Å². The average Bonchev–Trinajstić information content (AvgIpc) is 2.72. The molecule has 1 aliphatic rings. The normalized spacial score (nSPS) is 24.5. The Morgan fingerprint density at radius 2 is 1.95 bits per heavy atom. The molecule has 1 saturated heterocycles. The highest BCUT2D eigenvalue weighted by molar-refractivity contribution is 7.89. The minimum absolute atomic E-state index is 0.0215. The largest absolute Gasteiger partial charge is 0.481 e. The number of hydrogen-bond donors (Lipinski definition) is 1. The lowest BCUT2D eigenvalue weighted by Crippen LogP contribution is -2.37. The number of aliphatic carboxylic acids is 1. The molecule has 1 aromatic rings. The number of halogens is 1. The third kappa shape index (κ3) is 2.48. The van der Waals surface area contributed by atoms with Crippen LogP contribution in [0.2, 0.25) is 0 Å². The molecule has 1 heterocycles. The molecule has 104 valence electrons. The first kappa shape index (κ1) is 14.0. The molecule has 1 N–H and O–H groups in total. The van der Waals surface area contributed by atoms with Crippen molar-refractivity contribution in [2.24, 2.45) is 5.92 Å². The number of carboxylic acids is 1. The summed E-state index contributed by atoms with van der Waals surface area (Å²) >= 11 is 0. The third-order valence-corrected chi connectivity index (χ3v) is 5.43. The molecule has 19 heavy (non-hydrogen) atoms. The summed E-state index contributed by atoms with van der Waals surface area (Å²) in [5.74, 6) is -2.21. The van der Waals surface area contributed by atoms with E-state index in [9.17, 15) is 17.6 Å². The van der Waals surface area contributed by atoms with Crippen molar-refractivity contribution in [3.05, 3.63) is 30.1 Å². The molecular weight excluding hydrogens is 273 g/mol. The first-order valence-corrected chi connectivity index (χ1v) is 7.28. The Labute approximate surface area is 110 Å². The molecule has 2 rings (SSSR count). The Balaban J connectivity index is 2.31. The summed E-state index contributed by atoms with van der Waals surface area (Å²) in [6, 6.07) is 3.91. The second-order valence-electron chi connectivity index (χ2n) is 4.54. The molecule has 0 radical (unpaired) electrons.